The number of carbonyl (C=O) groups is 1. The number of methoxy groups -OCH3 is 1. The van der Waals surface area contributed by atoms with Gasteiger partial charge in [-0.3, -0.25) is 4.79 Å². The number of anilines is 1. The average molecular weight is 385 g/mol. The van der Waals surface area contributed by atoms with Crippen LogP contribution in [0.2, 0.25) is 0 Å². The van der Waals surface area contributed by atoms with Crippen LogP contribution in [0.25, 0.3) is 0 Å². The van der Waals surface area contributed by atoms with Crippen LogP contribution < -0.4 is 15.0 Å². The normalized spacial score (nSPS) is 25.2. The van der Waals surface area contributed by atoms with E-state index in [1.807, 2.05) is 48.5 Å². The quantitative estimate of drug-likeness (QED) is 0.849. The summed E-state index contributed by atoms with van der Waals surface area (Å²) < 4.78 is 5.23. The van der Waals surface area contributed by atoms with Crippen molar-refractivity contribution in [2.24, 2.45) is 0 Å². The summed E-state index contributed by atoms with van der Waals surface area (Å²) in [5.41, 5.74) is 1.80. The lowest BCUT2D eigenvalue weighted by molar-refractivity contribution is -0.126. The first-order valence-electron chi connectivity index (χ1n) is 9.30. The van der Waals surface area contributed by atoms with Crippen LogP contribution in [0.3, 0.4) is 0 Å². The van der Waals surface area contributed by atoms with Crippen LogP contribution in [0.4, 0.5) is 5.69 Å². The maximum absolute atomic E-state index is 13.2. The van der Waals surface area contributed by atoms with Crippen molar-refractivity contribution in [3.8, 4) is 5.75 Å². The lowest BCUT2D eigenvalue weighted by Crippen LogP contribution is -2.46. The molecule has 4 rings (SSSR count). The molecule has 2 unspecified atom stereocenters. The highest BCUT2D eigenvalue weighted by molar-refractivity contribution is 7.99. The van der Waals surface area contributed by atoms with Crippen molar-refractivity contribution in [1.29, 1.82) is 0 Å². The molecule has 2 aromatic rings. The highest BCUT2D eigenvalue weighted by Gasteiger charge is 2.38. The third kappa shape index (κ3) is 3.70. The number of aliphatic hydroxyl groups excluding tert-OH is 1. The zero-order chi connectivity index (χ0) is 18.8. The van der Waals surface area contributed by atoms with Gasteiger partial charge in [-0.15, -0.1) is 11.8 Å². The Morgan fingerprint density at radius 1 is 1.22 bits per heavy atom. The van der Waals surface area contributed by atoms with Crippen LogP contribution in [-0.2, 0) is 4.79 Å². The second-order valence-electron chi connectivity index (χ2n) is 6.97. The Hall–Kier alpha value is -2.02. The number of fused-ring (bicyclic) bond motifs is 1. The maximum atomic E-state index is 13.2. The van der Waals surface area contributed by atoms with Crippen molar-refractivity contribution < 1.29 is 14.6 Å². The van der Waals surface area contributed by atoms with Crippen molar-refractivity contribution in [3.05, 3.63) is 54.1 Å². The van der Waals surface area contributed by atoms with E-state index >= 15 is 0 Å². The Balaban J connectivity index is 1.68. The number of aliphatic hydroxyl groups is 1. The number of thioether (sulfide) groups is 1. The smallest absolute Gasteiger partial charge is 0.257 e. The summed E-state index contributed by atoms with van der Waals surface area (Å²) in [6.07, 6.45) is 1.08. The number of nitrogens with zero attached hydrogens (tertiary/aromatic N) is 1. The number of rotatable bonds is 4. The van der Waals surface area contributed by atoms with Gasteiger partial charge in [-0.2, -0.15) is 0 Å². The number of ether oxygens (including phenoxy) is 1. The molecule has 2 aliphatic heterocycles. The maximum Gasteiger partial charge on any atom is 0.257 e. The number of para-hydroxylation sites is 1. The summed E-state index contributed by atoms with van der Waals surface area (Å²) >= 11 is 1.54. The van der Waals surface area contributed by atoms with Crippen LogP contribution in [-0.4, -0.2) is 43.4 Å². The molecule has 0 saturated carbocycles. The molecular weight excluding hydrogens is 360 g/mol. The fourth-order valence-electron chi connectivity index (χ4n) is 3.75. The number of hydrogen-bond acceptors (Lipinski definition) is 5. The van der Waals surface area contributed by atoms with E-state index in [2.05, 4.69) is 5.32 Å². The van der Waals surface area contributed by atoms with Gasteiger partial charge in [-0.25, -0.2) is 0 Å². The minimum atomic E-state index is -1.10. The molecule has 2 aromatic carbocycles. The summed E-state index contributed by atoms with van der Waals surface area (Å²) in [5, 5.41) is 14.0. The van der Waals surface area contributed by atoms with Gasteiger partial charge in [0.15, 0.2) is 0 Å². The Morgan fingerprint density at radius 3 is 2.70 bits per heavy atom. The molecule has 0 aliphatic carbocycles. The monoisotopic (exact) mass is 384 g/mol. The zero-order valence-electron chi connectivity index (χ0n) is 15.3. The van der Waals surface area contributed by atoms with Crippen molar-refractivity contribution in [2.45, 2.75) is 35.1 Å². The second-order valence-corrected chi connectivity index (χ2v) is 8.15. The highest BCUT2D eigenvalue weighted by atomic mass is 32.2. The molecule has 27 heavy (non-hydrogen) atoms. The topological polar surface area (TPSA) is 61.8 Å². The van der Waals surface area contributed by atoms with E-state index < -0.39 is 6.10 Å². The third-order valence-electron chi connectivity index (χ3n) is 5.23. The van der Waals surface area contributed by atoms with E-state index in [-0.39, 0.29) is 17.2 Å². The first kappa shape index (κ1) is 18.3. The number of benzene rings is 2. The van der Waals surface area contributed by atoms with Crippen LogP contribution in [0.5, 0.6) is 5.75 Å². The highest BCUT2D eigenvalue weighted by Crippen LogP contribution is 2.46. The predicted molar refractivity (Wildman–Crippen MR) is 107 cm³/mol. The Bertz CT molecular complexity index is 805. The van der Waals surface area contributed by atoms with Gasteiger partial charge in [0, 0.05) is 17.5 Å². The summed E-state index contributed by atoms with van der Waals surface area (Å²) in [6.45, 7) is 1.57. The number of carbonyl (C=O) groups excluding carboxylic acids is 1. The van der Waals surface area contributed by atoms with E-state index in [0.29, 0.717) is 6.54 Å². The van der Waals surface area contributed by atoms with E-state index in [0.717, 1.165) is 41.3 Å². The lowest BCUT2D eigenvalue weighted by atomic mass is 10.1. The zero-order valence-corrected chi connectivity index (χ0v) is 16.1. The molecule has 1 saturated heterocycles. The summed E-state index contributed by atoms with van der Waals surface area (Å²) in [7, 11) is 1.62. The Labute approximate surface area is 163 Å². The molecule has 2 heterocycles. The molecule has 1 fully saturated rings. The minimum absolute atomic E-state index is 0.234. The molecule has 3 atom stereocenters. The van der Waals surface area contributed by atoms with Gasteiger partial charge in [0.25, 0.3) is 5.91 Å². The Morgan fingerprint density at radius 2 is 2.00 bits per heavy atom. The minimum Gasteiger partial charge on any atom is -0.497 e. The average Bonchev–Trinajstić information content (AvgIpc) is 3.20. The number of hydrogen-bond donors (Lipinski definition) is 2. The van der Waals surface area contributed by atoms with Gasteiger partial charge in [-0.05, 0) is 49.2 Å². The molecule has 0 bridgehead atoms. The predicted octanol–water partition coefficient (Wildman–Crippen LogP) is 2.99. The summed E-state index contributed by atoms with van der Waals surface area (Å²) in [6, 6.07) is 15.8. The summed E-state index contributed by atoms with van der Waals surface area (Å²) in [4.78, 5) is 16.0. The SMILES string of the molecule is COc1ccc(C2Sc3ccccc3N(C[C@@H]3CCCN3)C(=O)C2O)cc1. The van der Waals surface area contributed by atoms with Crippen LogP contribution in [0.1, 0.15) is 23.7 Å². The number of nitrogens with one attached hydrogen (secondary N) is 1. The van der Waals surface area contributed by atoms with E-state index in [4.69, 9.17) is 4.74 Å². The van der Waals surface area contributed by atoms with E-state index in [9.17, 15) is 9.90 Å². The first-order valence-corrected chi connectivity index (χ1v) is 10.2. The standard InChI is InChI=1S/C21H24N2O3S/c1-26-16-10-8-14(9-11-16)20-19(24)21(25)23(13-15-5-4-12-22-15)17-6-2-3-7-18(17)27-20/h2-3,6-11,15,19-20,22,24H,4-5,12-13H2,1H3/t15-,19?,20?/m0/s1. The van der Waals surface area contributed by atoms with Gasteiger partial charge in [-0.1, -0.05) is 24.3 Å². The Kier molecular flexibility index (Phi) is 5.38. The molecule has 2 aliphatic rings. The van der Waals surface area contributed by atoms with Crippen LogP contribution in [0, 0.1) is 0 Å². The van der Waals surface area contributed by atoms with Gasteiger partial charge in [0.2, 0.25) is 0 Å². The molecule has 0 radical (unpaired) electrons. The fourth-order valence-corrected chi connectivity index (χ4v) is 5.02. The molecule has 5 nitrogen and oxygen atoms in total. The van der Waals surface area contributed by atoms with Gasteiger partial charge in [0.1, 0.15) is 11.9 Å². The molecular formula is C21H24N2O3S. The molecule has 142 valence electrons. The van der Waals surface area contributed by atoms with Crippen molar-refractivity contribution in [3.63, 3.8) is 0 Å². The van der Waals surface area contributed by atoms with Crippen molar-refractivity contribution in [1.82, 2.24) is 5.32 Å². The molecule has 0 aromatic heterocycles. The summed E-state index contributed by atoms with van der Waals surface area (Å²) in [5.74, 6) is 0.523. The number of amides is 1. The van der Waals surface area contributed by atoms with Crippen LogP contribution in [0.15, 0.2) is 53.4 Å². The van der Waals surface area contributed by atoms with Gasteiger partial charge >= 0.3 is 0 Å². The second kappa shape index (κ2) is 7.92. The lowest BCUT2D eigenvalue weighted by Gasteiger charge is -2.27. The van der Waals surface area contributed by atoms with Gasteiger partial charge < -0.3 is 20.1 Å². The molecule has 2 N–H and O–H groups in total. The van der Waals surface area contributed by atoms with E-state index in [1.165, 1.54) is 0 Å². The van der Waals surface area contributed by atoms with E-state index in [1.54, 1.807) is 23.8 Å². The first-order chi connectivity index (χ1) is 13.2. The third-order valence-corrected chi connectivity index (χ3v) is 6.61. The van der Waals surface area contributed by atoms with Crippen molar-refractivity contribution in [2.75, 3.05) is 25.1 Å². The fraction of sp³-hybridized carbons (Fsp3) is 0.381. The van der Waals surface area contributed by atoms with Gasteiger partial charge in [0.05, 0.1) is 18.0 Å². The van der Waals surface area contributed by atoms with Crippen molar-refractivity contribution >= 4 is 23.4 Å². The molecule has 6 heteroatoms. The molecule has 1 amide bonds. The largest absolute Gasteiger partial charge is 0.497 e. The van der Waals surface area contributed by atoms with Crippen LogP contribution >= 0.6 is 11.8 Å². The molecule has 0 spiro atoms.